The van der Waals surface area contributed by atoms with Gasteiger partial charge in [-0.1, -0.05) is 12.1 Å². The maximum Gasteiger partial charge on any atom is 0.250 e. The van der Waals surface area contributed by atoms with Crippen LogP contribution in [0.2, 0.25) is 0 Å². The molecule has 4 aromatic rings. The second-order valence-electron chi connectivity index (χ2n) is 7.90. The lowest BCUT2D eigenvalue weighted by Gasteiger charge is -2.25. The van der Waals surface area contributed by atoms with Gasteiger partial charge in [0.2, 0.25) is 5.56 Å². The first-order valence-electron chi connectivity index (χ1n) is 9.79. The van der Waals surface area contributed by atoms with E-state index in [2.05, 4.69) is 5.10 Å². The average Bonchev–Trinajstić information content (AvgIpc) is 3.33. The minimum Gasteiger partial charge on any atom is -0.484 e. The number of fused-ring (bicyclic) bond motifs is 1. The molecule has 5 rings (SSSR count). The van der Waals surface area contributed by atoms with Gasteiger partial charge in [-0.3, -0.25) is 4.79 Å². The van der Waals surface area contributed by atoms with Crippen molar-refractivity contribution in [1.29, 1.82) is 0 Å². The lowest BCUT2D eigenvalue weighted by molar-refractivity contribution is 0.163. The van der Waals surface area contributed by atoms with Gasteiger partial charge in [0.25, 0.3) is 0 Å². The zero-order valence-electron chi connectivity index (χ0n) is 16.5. The van der Waals surface area contributed by atoms with Crippen molar-refractivity contribution in [3.05, 3.63) is 88.7 Å². The predicted molar refractivity (Wildman–Crippen MR) is 112 cm³/mol. The highest BCUT2D eigenvalue weighted by molar-refractivity contribution is 5.81. The summed E-state index contributed by atoms with van der Waals surface area (Å²) in [6, 6.07) is 15.3. The molecule has 0 unspecified atom stereocenters. The molecule has 0 amide bonds. The summed E-state index contributed by atoms with van der Waals surface area (Å²) in [6.07, 6.45) is 4.73. The van der Waals surface area contributed by atoms with E-state index in [9.17, 15) is 9.18 Å². The molecule has 1 atom stereocenters. The third-order valence-electron chi connectivity index (χ3n) is 5.61. The van der Waals surface area contributed by atoms with Crippen LogP contribution in [0.5, 0.6) is 5.75 Å². The summed E-state index contributed by atoms with van der Waals surface area (Å²) in [5, 5.41) is 5.35. The molecule has 7 heteroatoms. The van der Waals surface area contributed by atoms with Crippen molar-refractivity contribution in [2.24, 2.45) is 12.8 Å². The highest BCUT2D eigenvalue weighted by Crippen LogP contribution is 2.46. The van der Waals surface area contributed by atoms with Crippen LogP contribution in [0.1, 0.15) is 24.5 Å². The second-order valence-corrected chi connectivity index (χ2v) is 7.90. The lowest BCUT2D eigenvalue weighted by atomic mass is 10.0. The van der Waals surface area contributed by atoms with Gasteiger partial charge in [-0.25, -0.2) is 9.07 Å². The molecule has 2 heterocycles. The molecule has 1 saturated carbocycles. The molecule has 0 radical (unpaired) electrons. The predicted octanol–water partition coefficient (Wildman–Crippen LogP) is 3.47. The van der Waals surface area contributed by atoms with Gasteiger partial charge in [0, 0.05) is 24.7 Å². The van der Waals surface area contributed by atoms with Gasteiger partial charge in [-0.2, -0.15) is 5.10 Å². The van der Waals surface area contributed by atoms with Crippen LogP contribution in [0.25, 0.3) is 16.6 Å². The Morgan fingerprint density at radius 1 is 1.17 bits per heavy atom. The Bertz CT molecular complexity index is 1310. The van der Waals surface area contributed by atoms with E-state index >= 15 is 0 Å². The van der Waals surface area contributed by atoms with Crippen LogP contribution in [0.4, 0.5) is 4.39 Å². The zero-order valence-corrected chi connectivity index (χ0v) is 16.5. The van der Waals surface area contributed by atoms with Gasteiger partial charge in [0.1, 0.15) is 17.7 Å². The number of hydrogen-bond donors (Lipinski definition) is 1. The molecule has 2 aromatic carbocycles. The third kappa shape index (κ3) is 3.27. The van der Waals surface area contributed by atoms with E-state index in [0.717, 1.165) is 35.0 Å². The maximum atomic E-state index is 13.8. The van der Waals surface area contributed by atoms with Crippen LogP contribution in [0.15, 0.2) is 71.8 Å². The quantitative estimate of drug-likeness (QED) is 0.553. The van der Waals surface area contributed by atoms with Gasteiger partial charge in [-0.15, -0.1) is 0 Å². The zero-order chi connectivity index (χ0) is 20.9. The minimum absolute atomic E-state index is 0.0786. The second kappa shape index (κ2) is 6.81. The van der Waals surface area contributed by atoms with Gasteiger partial charge < -0.3 is 15.0 Å². The fraction of sp³-hybridized carbons (Fsp3) is 0.217. The first kappa shape index (κ1) is 18.6. The topological polar surface area (TPSA) is 75.1 Å². The Morgan fingerprint density at radius 3 is 2.73 bits per heavy atom. The monoisotopic (exact) mass is 404 g/mol. The highest BCUT2D eigenvalue weighted by atomic mass is 19.1. The smallest absolute Gasteiger partial charge is 0.250 e. The van der Waals surface area contributed by atoms with Crippen molar-refractivity contribution in [1.82, 2.24) is 14.3 Å². The Kier molecular flexibility index (Phi) is 4.22. The maximum absolute atomic E-state index is 13.8. The number of hydrogen-bond acceptors (Lipinski definition) is 4. The molecular formula is C23H21FN4O2. The summed E-state index contributed by atoms with van der Waals surface area (Å²) in [7, 11) is 1.70. The van der Waals surface area contributed by atoms with Gasteiger partial charge in [0.05, 0.1) is 22.9 Å². The number of pyridine rings is 1. The molecule has 1 aliphatic rings. The van der Waals surface area contributed by atoms with Crippen LogP contribution < -0.4 is 16.0 Å². The molecule has 6 nitrogen and oxygen atoms in total. The van der Waals surface area contributed by atoms with Crippen LogP contribution in [0.3, 0.4) is 0 Å². The van der Waals surface area contributed by atoms with Crippen molar-refractivity contribution in [3.8, 4) is 11.4 Å². The van der Waals surface area contributed by atoms with Crippen LogP contribution in [-0.4, -0.2) is 19.9 Å². The summed E-state index contributed by atoms with van der Waals surface area (Å²) in [4.78, 5) is 11.7. The minimum atomic E-state index is -0.484. The third-order valence-corrected chi connectivity index (χ3v) is 5.61. The van der Waals surface area contributed by atoms with Crippen molar-refractivity contribution >= 4 is 10.9 Å². The van der Waals surface area contributed by atoms with Crippen molar-refractivity contribution in [2.75, 3.05) is 0 Å². The number of rotatable bonds is 5. The number of aryl methyl sites for hydroxylation is 1. The van der Waals surface area contributed by atoms with E-state index < -0.39 is 11.6 Å². The molecule has 30 heavy (non-hydrogen) atoms. The summed E-state index contributed by atoms with van der Waals surface area (Å²) >= 11 is 0. The van der Waals surface area contributed by atoms with Gasteiger partial charge in [0.15, 0.2) is 0 Å². The highest BCUT2D eigenvalue weighted by Gasteiger charge is 2.48. The average molecular weight is 404 g/mol. The summed E-state index contributed by atoms with van der Waals surface area (Å²) in [5.74, 6) is 0.341. The summed E-state index contributed by atoms with van der Waals surface area (Å²) in [6.45, 7) is 0. The molecule has 0 aliphatic heterocycles. The van der Waals surface area contributed by atoms with Crippen molar-refractivity contribution in [3.63, 3.8) is 0 Å². The van der Waals surface area contributed by atoms with E-state index in [-0.39, 0.29) is 11.4 Å². The molecule has 1 fully saturated rings. The van der Waals surface area contributed by atoms with E-state index in [1.54, 1.807) is 36.3 Å². The largest absolute Gasteiger partial charge is 0.484 e. The Morgan fingerprint density at radius 2 is 2.00 bits per heavy atom. The van der Waals surface area contributed by atoms with Crippen molar-refractivity contribution < 1.29 is 9.13 Å². The van der Waals surface area contributed by atoms with E-state index in [1.807, 2.05) is 24.3 Å². The number of nitrogens with zero attached hydrogens (tertiary/aromatic N) is 3. The Balaban J connectivity index is 1.49. The lowest BCUT2D eigenvalue weighted by Crippen LogP contribution is -2.34. The molecule has 2 N–H and O–H groups in total. The number of ether oxygens (including phenoxy) is 1. The Labute approximate surface area is 172 Å². The van der Waals surface area contributed by atoms with Crippen LogP contribution in [-0.2, 0) is 7.05 Å². The fourth-order valence-electron chi connectivity index (χ4n) is 3.72. The molecule has 0 bridgehead atoms. The van der Waals surface area contributed by atoms with E-state index in [0.29, 0.717) is 5.75 Å². The first-order valence-corrected chi connectivity index (χ1v) is 9.79. The molecule has 0 spiro atoms. The SMILES string of the molecule is Cn1cc(-n2ncc3cc(O[C@H](c4cccc(F)c4)C4(N)CC4)ccc32)ccc1=O. The molecule has 0 saturated heterocycles. The number of halogens is 1. The number of nitrogens with two attached hydrogens (primary N) is 1. The van der Waals surface area contributed by atoms with Crippen molar-refractivity contribution in [2.45, 2.75) is 24.5 Å². The van der Waals surface area contributed by atoms with E-state index in [1.165, 1.54) is 22.8 Å². The van der Waals surface area contributed by atoms with Crippen LogP contribution in [0, 0.1) is 5.82 Å². The normalized spacial score (nSPS) is 15.8. The van der Waals surface area contributed by atoms with Gasteiger partial charge >= 0.3 is 0 Å². The molecule has 152 valence electrons. The molecule has 2 aromatic heterocycles. The number of aromatic nitrogens is 3. The molecular weight excluding hydrogens is 383 g/mol. The summed E-state index contributed by atoms with van der Waals surface area (Å²) < 4.78 is 23.3. The standard InChI is InChI=1S/C23H21FN4O2/c1-27-14-18(5-8-21(27)29)28-20-7-6-19(12-16(20)13-26-28)30-22(23(25)9-10-23)15-3-2-4-17(24)11-15/h2-8,11-14,22H,9-10,25H2,1H3/t22-/m1/s1. The van der Waals surface area contributed by atoms with Gasteiger partial charge in [-0.05, 0) is 54.8 Å². The molecule has 1 aliphatic carbocycles. The first-order chi connectivity index (χ1) is 14.4. The van der Waals surface area contributed by atoms with E-state index in [4.69, 9.17) is 10.5 Å². The number of benzene rings is 2. The fourth-order valence-corrected chi connectivity index (χ4v) is 3.72. The summed E-state index contributed by atoms with van der Waals surface area (Å²) in [5.41, 5.74) is 8.29. The Hall–Kier alpha value is -3.45. The van der Waals surface area contributed by atoms with Crippen LogP contribution >= 0.6 is 0 Å².